The van der Waals surface area contributed by atoms with E-state index in [9.17, 15) is 13.2 Å². The van der Waals surface area contributed by atoms with Gasteiger partial charge in [-0.3, -0.25) is 4.79 Å². The minimum atomic E-state index is -3.85. The molecule has 0 radical (unpaired) electrons. The molecule has 1 aromatic carbocycles. The largest absolute Gasteiger partial charge is 0.276 e. The van der Waals surface area contributed by atoms with Crippen molar-refractivity contribution in [2.75, 3.05) is 0 Å². The summed E-state index contributed by atoms with van der Waals surface area (Å²) >= 11 is 8.24. The van der Waals surface area contributed by atoms with Gasteiger partial charge in [-0.2, -0.15) is 0 Å². The molecule has 0 heterocycles. The predicted molar refractivity (Wildman–Crippen MR) is 57.4 cm³/mol. The minimum absolute atomic E-state index is 0.0697. The van der Waals surface area contributed by atoms with Crippen LogP contribution < -0.4 is 0 Å². The van der Waals surface area contributed by atoms with Gasteiger partial charge in [0.05, 0.1) is 4.90 Å². The highest BCUT2D eigenvalue weighted by Gasteiger charge is 2.14. The Labute approximate surface area is 98.6 Å². The molecule has 0 aliphatic rings. The molecule has 0 aliphatic heterocycles. The molecule has 0 unspecified atom stereocenters. The van der Waals surface area contributed by atoms with E-state index in [4.69, 9.17) is 22.3 Å². The molecule has 0 amide bonds. The van der Waals surface area contributed by atoms with Gasteiger partial charge in [0, 0.05) is 20.7 Å². The van der Waals surface area contributed by atoms with Gasteiger partial charge in [0.15, 0.2) is 0 Å². The summed E-state index contributed by atoms with van der Waals surface area (Å²) in [5.41, 5.74) is 0.0697. The molecule has 3 nitrogen and oxygen atoms in total. The first-order valence-corrected chi connectivity index (χ1v) is 6.74. The highest BCUT2D eigenvalue weighted by molar-refractivity contribution is 9.10. The van der Waals surface area contributed by atoms with E-state index in [0.717, 1.165) is 6.07 Å². The van der Waals surface area contributed by atoms with Gasteiger partial charge in [-0.1, -0.05) is 15.9 Å². The van der Waals surface area contributed by atoms with Crippen molar-refractivity contribution in [2.45, 2.75) is 4.90 Å². The Hall–Kier alpha value is -0.100. The average Bonchev–Trinajstić information content (AvgIpc) is 2.01. The van der Waals surface area contributed by atoms with Crippen LogP contribution in [-0.2, 0) is 9.05 Å². The van der Waals surface area contributed by atoms with E-state index in [1.165, 1.54) is 12.1 Å². The van der Waals surface area contributed by atoms with Crippen LogP contribution in [0.2, 0.25) is 0 Å². The number of rotatable bonds is 2. The third-order valence-electron chi connectivity index (χ3n) is 1.38. The first kappa shape index (κ1) is 12.0. The highest BCUT2D eigenvalue weighted by Crippen LogP contribution is 2.23. The van der Waals surface area contributed by atoms with E-state index in [1.807, 2.05) is 0 Å². The minimum Gasteiger partial charge on any atom is -0.276 e. The maximum atomic E-state index is 11.0. The molecule has 1 aromatic rings. The summed E-state index contributed by atoms with van der Waals surface area (Å²) in [6.07, 6.45) is 0. The fourth-order valence-electron chi connectivity index (χ4n) is 0.817. The molecule has 0 atom stereocenters. The van der Waals surface area contributed by atoms with Crippen LogP contribution >= 0.6 is 38.2 Å². The van der Waals surface area contributed by atoms with Crippen molar-refractivity contribution in [2.24, 2.45) is 0 Å². The zero-order valence-electron chi connectivity index (χ0n) is 6.50. The summed E-state index contributed by atoms with van der Waals surface area (Å²) in [5, 5.41) is -0.743. The summed E-state index contributed by atoms with van der Waals surface area (Å²) in [6, 6.07) is 3.80. The maximum Gasteiger partial charge on any atom is 0.261 e. The van der Waals surface area contributed by atoms with Crippen molar-refractivity contribution in [3.05, 3.63) is 28.2 Å². The number of benzene rings is 1. The number of carbonyl (C=O) groups is 1. The second-order valence-corrected chi connectivity index (χ2v) is 6.21. The van der Waals surface area contributed by atoms with Gasteiger partial charge >= 0.3 is 0 Å². The number of hydrogen-bond donors (Lipinski definition) is 0. The number of hydrogen-bond acceptors (Lipinski definition) is 3. The van der Waals surface area contributed by atoms with Crippen LogP contribution in [0.5, 0.6) is 0 Å². The smallest absolute Gasteiger partial charge is 0.261 e. The van der Waals surface area contributed by atoms with Crippen molar-refractivity contribution < 1.29 is 13.2 Å². The summed E-state index contributed by atoms with van der Waals surface area (Å²) in [7, 11) is 1.25. The van der Waals surface area contributed by atoms with Gasteiger partial charge in [0.1, 0.15) is 0 Å². The van der Waals surface area contributed by atoms with Crippen molar-refractivity contribution >= 4 is 52.5 Å². The lowest BCUT2D eigenvalue weighted by atomic mass is 10.2. The molecule has 7 heteroatoms. The predicted octanol–water partition coefficient (Wildman–Crippen LogP) is 2.76. The molecular formula is C7H3BrCl2O3S. The molecule has 14 heavy (non-hydrogen) atoms. The molecule has 0 saturated heterocycles. The third-order valence-corrected chi connectivity index (χ3v) is 3.39. The van der Waals surface area contributed by atoms with E-state index in [2.05, 4.69) is 15.9 Å². The van der Waals surface area contributed by atoms with Crippen molar-refractivity contribution in [3.8, 4) is 0 Å². The number of halogens is 3. The van der Waals surface area contributed by atoms with Crippen LogP contribution in [0.4, 0.5) is 0 Å². The van der Waals surface area contributed by atoms with Crippen LogP contribution in [0.1, 0.15) is 10.4 Å². The summed E-state index contributed by atoms with van der Waals surface area (Å²) in [4.78, 5) is 10.6. The average molecular weight is 318 g/mol. The van der Waals surface area contributed by atoms with Crippen LogP contribution in [-0.4, -0.2) is 13.7 Å². The Balaban J connectivity index is 3.43. The van der Waals surface area contributed by atoms with E-state index < -0.39 is 14.3 Å². The quantitative estimate of drug-likeness (QED) is 0.788. The second-order valence-electron chi connectivity index (χ2n) is 2.39. The van der Waals surface area contributed by atoms with Crippen molar-refractivity contribution in [1.82, 2.24) is 0 Å². The lowest BCUT2D eigenvalue weighted by Crippen LogP contribution is -1.95. The molecule has 76 valence electrons. The van der Waals surface area contributed by atoms with E-state index >= 15 is 0 Å². The lowest BCUT2D eigenvalue weighted by molar-refractivity contribution is 0.108. The SMILES string of the molecule is O=C(Cl)c1cc(Br)cc(S(=O)(=O)Cl)c1. The molecule has 0 N–H and O–H groups in total. The summed E-state index contributed by atoms with van der Waals surface area (Å²) < 4.78 is 22.3. The van der Waals surface area contributed by atoms with Gasteiger partial charge < -0.3 is 0 Å². The zero-order chi connectivity index (χ0) is 10.9. The summed E-state index contributed by atoms with van der Waals surface area (Å²) in [6.45, 7) is 0. The topological polar surface area (TPSA) is 51.2 Å². The first-order valence-electron chi connectivity index (χ1n) is 3.26. The summed E-state index contributed by atoms with van der Waals surface area (Å²) in [5.74, 6) is 0. The molecule has 0 spiro atoms. The monoisotopic (exact) mass is 316 g/mol. The van der Waals surface area contributed by atoms with Gasteiger partial charge in [-0.05, 0) is 29.8 Å². The van der Waals surface area contributed by atoms with E-state index in [-0.39, 0.29) is 10.5 Å². The third kappa shape index (κ3) is 2.95. The Morgan fingerprint density at radius 3 is 2.29 bits per heavy atom. The molecule has 0 bridgehead atoms. The zero-order valence-corrected chi connectivity index (χ0v) is 10.4. The fourth-order valence-corrected chi connectivity index (χ4v) is 2.37. The van der Waals surface area contributed by atoms with Gasteiger partial charge in [-0.25, -0.2) is 8.42 Å². The van der Waals surface area contributed by atoms with Gasteiger partial charge in [0.2, 0.25) is 0 Å². The van der Waals surface area contributed by atoms with E-state index in [0.29, 0.717) is 4.47 Å². The lowest BCUT2D eigenvalue weighted by Gasteiger charge is -2.00. The fraction of sp³-hybridized carbons (Fsp3) is 0. The maximum absolute atomic E-state index is 11.0. The van der Waals surface area contributed by atoms with Crippen LogP contribution in [0, 0.1) is 0 Å². The Morgan fingerprint density at radius 2 is 1.86 bits per heavy atom. The van der Waals surface area contributed by atoms with Crippen LogP contribution in [0.25, 0.3) is 0 Å². The van der Waals surface area contributed by atoms with Gasteiger partial charge in [0.25, 0.3) is 14.3 Å². The van der Waals surface area contributed by atoms with Crippen molar-refractivity contribution in [1.29, 1.82) is 0 Å². The van der Waals surface area contributed by atoms with E-state index in [1.54, 1.807) is 0 Å². The van der Waals surface area contributed by atoms with Crippen LogP contribution in [0.15, 0.2) is 27.6 Å². The number of carbonyl (C=O) groups excluding carboxylic acids is 1. The molecule has 0 aliphatic carbocycles. The molecule has 0 fully saturated rings. The van der Waals surface area contributed by atoms with Crippen molar-refractivity contribution in [3.63, 3.8) is 0 Å². The standard InChI is InChI=1S/C7H3BrCl2O3S/c8-5-1-4(7(9)11)2-6(3-5)14(10,12)13/h1-3H. The molecule has 1 rings (SSSR count). The first-order chi connectivity index (χ1) is 6.30. The second kappa shape index (κ2) is 4.18. The van der Waals surface area contributed by atoms with Gasteiger partial charge in [-0.15, -0.1) is 0 Å². The molecular weight excluding hydrogens is 315 g/mol. The molecule has 0 aromatic heterocycles. The Kier molecular flexibility index (Phi) is 3.58. The Morgan fingerprint density at radius 1 is 1.29 bits per heavy atom. The normalized spacial score (nSPS) is 11.4. The molecule has 0 saturated carbocycles. The van der Waals surface area contributed by atoms with Crippen LogP contribution in [0.3, 0.4) is 0 Å². The highest BCUT2D eigenvalue weighted by atomic mass is 79.9. The Bertz CT molecular complexity index is 484.